The van der Waals surface area contributed by atoms with E-state index in [-0.39, 0.29) is 23.5 Å². The minimum atomic E-state index is -0.589. The molecule has 1 aromatic heterocycles. The Kier molecular flexibility index (Phi) is 9.23. The minimum Gasteiger partial charge on any atom is -0.346 e. The van der Waals surface area contributed by atoms with Gasteiger partial charge >= 0.3 is 0 Å². The molecule has 1 N–H and O–H groups in total. The number of piperidine rings is 1. The molecule has 2 aromatic carbocycles. The monoisotopic (exact) mass is 505 g/mol. The van der Waals surface area contributed by atoms with Crippen LogP contribution in [0.4, 0.5) is 0 Å². The normalized spacial score (nSPS) is 16.6. The summed E-state index contributed by atoms with van der Waals surface area (Å²) in [7, 11) is 0. The molecule has 1 unspecified atom stereocenters. The number of likely N-dealkylation sites (tertiary alicyclic amines) is 1. The van der Waals surface area contributed by atoms with Crippen LogP contribution in [0.5, 0.6) is 0 Å². The number of ketones is 1. The predicted octanol–water partition coefficient (Wildman–Crippen LogP) is 5.42. The maximum absolute atomic E-state index is 13.4. The van der Waals surface area contributed by atoms with Crippen molar-refractivity contribution in [2.24, 2.45) is 5.92 Å². The molecule has 1 fully saturated rings. The lowest BCUT2D eigenvalue weighted by atomic mass is 9.95. The quantitative estimate of drug-likeness (QED) is 0.279. The Morgan fingerprint density at radius 2 is 1.86 bits per heavy atom. The van der Waals surface area contributed by atoms with Gasteiger partial charge in [-0.15, -0.1) is 11.3 Å². The molecule has 1 aliphatic rings. The third-order valence-electron chi connectivity index (χ3n) is 6.85. The molecule has 0 bridgehead atoms. The van der Waals surface area contributed by atoms with Crippen LogP contribution in [0.25, 0.3) is 10.2 Å². The van der Waals surface area contributed by atoms with Crippen molar-refractivity contribution in [1.29, 1.82) is 0 Å². The maximum atomic E-state index is 13.4. The van der Waals surface area contributed by atoms with Gasteiger partial charge in [0, 0.05) is 19.5 Å². The van der Waals surface area contributed by atoms with Gasteiger partial charge in [0.05, 0.1) is 22.2 Å². The summed E-state index contributed by atoms with van der Waals surface area (Å²) in [6, 6.07) is 17.1. The van der Waals surface area contributed by atoms with Crippen molar-refractivity contribution in [3.8, 4) is 0 Å². The fraction of sp³-hybridized carbons (Fsp3) is 0.448. The molecule has 6 nitrogen and oxygen atoms in total. The average molecular weight is 506 g/mol. The standard InChI is InChI=1S/C29H35N3O3S/c1-2-3-5-15-24(27(34)29-31-23-14-8-9-16-25(23)36-29)30-28(35)22-13-10-19-32(20-22)26(33)18-17-21-11-6-4-7-12-21/h4,6-9,11-12,14,16,22,24H,2-3,5,10,13,15,17-20H2,1H3,(H,30,35)/t22-,24?/m0/s1. The van der Waals surface area contributed by atoms with Crippen LogP contribution in [-0.2, 0) is 16.0 Å². The Morgan fingerprint density at radius 3 is 2.64 bits per heavy atom. The Bertz CT molecular complexity index is 1140. The van der Waals surface area contributed by atoms with Crippen molar-refractivity contribution in [3.05, 3.63) is 65.2 Å². The summed E-state index contributed by atoms with van der Waals surface area (Å²) >= 11 is 1.38. The van der Waals surface area contributed by atoms with Crippen molar-refractivity contribution in [2.45, 2.75) is 64.3 Å². The molecule has 0 saturated carbocycles. The molecular weight excluding hydrogens is 470 g/mol. The van der Waals surface area contributed by atoms with Gasteiger partial charge in [-0.1, -0.05) is 68.7 Å². The molecule has 1 aliphatic heterocycles. The number of hydrogen-bond acceptors (Lipinski definition) is 5. The first kappa shape index (κ1) is 26.0. The molecule has 36 heavy (non-hydrogen) atoms. The van der Waals surface area contributed by atoms with E-state index >= 15 is 0 Å². The Morgan fingerprint density at radius 1 is 1.08 bits per heavy atom. The van der Waals surface area contributed by atoms with E-state index in [9.17, 15) is 14.4 Å². The highest BCUT2D eigenvalue weighted by molar-refractivity contribution is 7.20. The summed E-state index contributed by atoms with van der Waals surface area (Å²) < 4.78 is 0.969. The number of aryl methyl sites for hydroxylation is 1. The first-order valence-electron chi connectivity index (χ1n) is 13.1. The van der Waals surface area contributed by atoms with Crippen molar-refractivity contribution >= 4 is 39.2 Å². The number of nitrogens with one attached hydrogen (secondary N) is 1. The zero-order valence-corrected chi connectivity index (χ0v) is 21.8. The van der Waals surface area contributed by atoms with Gasteiger partial charge in [0.2, 0.25) is 17.6 Å². The highest BCUT2D eigenvalue weighted by Crippen LogP contribution is 2.24. The number of amides is 2. The van der Waals surface area contributed by atoms with Gasteiger partial charge in [-0.3, -0.25) is 14.4 Å². The van der Waals surface area contributed by atoms with E-state index in [2.05, 4.69) is 17.2 Å². The van der Waals surface area contributed by atoms with Gasteiger partial charge in [-0.25, -0.2) is 4.98 Å². The number of carbonyl (C=O) groups is 3. The number of nitrogens with zero attached hydrogens (tertiary/aromatic N) is 2. The fourth-order valence-electron chi connectivity index (χ4n) is 4.76. The Balaban J connectivity index is 1.38. The highest BCUT2D eigenvalue weighted by Gasteiger charge is 2.31. The first-order chi connectivity index (χ1) is 17.5. The summed E-state index contributed by atoms with van der Waals surface area (Å²) in [5, 5.41) is 3.49. The molecule has 4 rings (SSSR count). The minimum absolute atomic E-state index is 0.0846. The number of unbranched alkanes of at least 4 members (excludes halogenated alkanes) is 2. The number of aromatic nitrogens is 1. The molecule has 2 atom stereocenters. The second-order valence-corrected chi connectivity index (χ2v) is 10.6. The second kappa shape index (κ2) is 12.8. The van der Waals surface area contributed by atoms with E-state index in [0.29, 0.717) is 37.4 Å². The number of Topliss-reactive ketones (excluding diaryl/α,β-unsaturated/α-hetero) is 1. The van der Waals surface area contributed by atoms with Crippen molar-refractivity contribution in [2.75, 3.05) is 13.1 Å². The van der Waals surface area contributed by atoms with Crippen molar-refractivity contribution in [1.82, 2.24) is 15.2 Å². The lowest BCUT2D eigenvalue weighted by Crippen LogP contribution is -2.49. The zero-order valence-electron chi connectivity index (χ0n) is 20.9. The average Bonchev–Trinajstić information content (AvgIpc) is 3.36. The summed E-state index contributed by atoms with van der Waals surface area (Å²) in [4.78, 5) is 45.9. The van der Waals surface area contributed by atoms with Gasteiger partial charge in [-0.05, 0) is 43.4 Å². The van der Waals surface area contributed by atoms with Gasteiger partial charge in [0.1, 0.15) is 0 Å². The van der Waals surface area contributed by atoms with Gasteiger partial charge in [0.25, 0.3) is 0 Å². The number of rotatable bonds is 11. The lowest BCUT2D eigenvalue weighted by Gasteiger charge is -2.33. The van der Waals surface area contributed by atoms with Gasteiger partial charge in [0.15, 0.2) is 5.01 Å². The van der Waals surface area contributed by atoms with Gasteiger partial charge in [-0.2, -0.15) is 0 Å². The fourth-order valence-corrected chi connectivity index (χ4v) is 5.72. The number of fused-ring (bicyclic) bond motifs is 1. The molecule has 190 valence electrons. The molecule has 3 aromatic rings. The van der Waals surface area contributed by atoms with E-state index < -0.39 is 6.04 Å². The molecule has 0 radical (unpaired) electrons. The summed E-state index contributed by atoms with van der Waals surface area (Å²) in [5.74, 6) is -0.462. The highest BCUT2D eigenvalue weighted by atomic mass is 32.1. The molecule has 1 saturated heterocycles. The van der Waals surface area contributed by atoms with Gasteiger partial charge < -0.3 is 10.2 Å². The van der Waals surface area contributed by atoms with E-state index in [1.807, 2.05) is 59.5 Å². The van der Waals surface area contributed by atoms with Crippen LogP contribution < -0.4 is 5.32 Å². The SMILES string of the molecule is CCCCCC(NC(=O)[C@H]1CCCN(C(=O)CCc2ccccc2)C1)C(=O)c1nc2ccccc2s1. The van der Waals surface area contributed by atoms with Crippen LogP contribution in [0.3, 0.4) is 0 Å². The molecule has 0 spiro atoms. The summed E-state index contributed by atoms with van der Waals surface area (Å²) in [6.07, 6.45) is 6.17. The van der Waals surface area contributed by atoms with Crippen LogP contribution in [0.2, 0.25) is 0 Å². The summed E-state index contributed by atoms with van der Waals surface area (Å²) in [6.45, 7) is 3.22. The molecule has 0 aliphatic carbocycles. The maximum Gasteiger partial charge on any atom is 0.225 e. The molecular formula is C29H35N3O3S. The summed E-state index contributed by atoms with van der Waals surface area (Å²) in [5.41, 5.74) is 1.95. The molecule has 2 amide bonds. The smallest absolute Gasteiger partial charge is 0.225 e. The third kappa shape index (κ3) is 6.78. The number of thiazole rings is 1. The topological polar surface area (TPSA) is 79.4 Å². The zero-order chi connectivity index (χ0) is 25.3. The number of benzene rings is 2. The van der Waals surface area contributed by atoms with Crippen LogP contribution in [-0.4, -0.2) is 46.6 Å². The third-order valence-corrected chi connectivity index (χ3v) is 7.90. The predicted molar refractivity (Wildman–Crippen MR) is 144 cm³/mol. The lowest BCUT2D eigenvalue weighted by molar-refractivity contribution is -0.135. The van der Waals surface area contributed by atoms with Crippen LogP contribution >= 0.6 is 11.3 Å². The van der Waals surface area contributed by atoms with Crippen LogP contribution in [0.1, 0.15) is 67.2 Å². The van der Waals surface area contributed by atoms with E-state index in [4.69, 9.17) is 0 Å². The second-order valence-electron chi connectivity index (χ2n) is 9.57. The Labute approximate surface area is 217 Å². The van der Waals surface area contributed by atoms with Crippen LogP contribution in [0.15, 0.2) is 54.6 Å². The van der Waals surface area contributed by atoms with Crippen molar-refractivity contribution < 1.29 is 14.4 Å². The largest absolute Gasteiger partial charge is 0.346 e. The van der Waals surface area contributed by atoms with Crippen molar-refractivity contribution in [3.63, 3.8) is 0 Å². The van der Waals surface area contributed by atoms with E-state index in [1.165, 1.54) is 11.3 Å². The number of para-hydroxylation sites is 1. The molecule has 2 heterocycles. The number of hydrogen-bond donors (Lipinski definition) is 1. The first-order valence-corrected chi connectivity index (χ1v) is 13.9. The van der Waals surface area contributed by atoms with E-state index in [0.717, 1.165) is 47.9 Å². The van der Waals surface area contributed by atoms with E-state index in [1.54, 1.807) is 0 Å². The number of carbonyl (C=O) groups excluding carboxylic acids is 3. The Hall–Kier alpha value is -3.06. The van der Waals surface area contributed by atoms with Crippen LogP contribution in [0, 0.1) is 5.92 Å². The molecule has 7 heteroatoms.